The smallest absolute Gasteiger partial charge is 0.254 e. The second kappa shape index (κ2) is 9.61. The van der Waals surface area contributed by atoms with Crippen molar-refractivity contribution < 1.29 is 4.79 Å². The van der Waals surface area contributed by atoms with Crippen LogP contribution in [-0.4, -0.2) is 21.0 Å². The molecule has 2 aromatic rings. The normalized spacial score (nSPS) is 12.2. The van der Waals surface area contributed by atoms with Crippen LogP contribution in [0.25, 0.3) is 0 Å². The molecule has 0 heterocycles. The van der Waals surface area contributed by atoms with Crippen molar-refractivity contribution in [3.63, 3.8) is 0 Å². The molecule has 0 fully saturated rings. The van der Waals surface area contributed by atoms with Crippen molar-refractivity contribution in [1.29, 1.82) is 0 Å². The number of alkyl halides is 3. The van der Waals surface area contributed by atoms with Crippen LogP contribution in [0.4, 0.5) is 5.69 Å². The van der Waals surface area contributed by atoms with Gasteiger partial charge in [0.1, 0.15) is 6.17 Å². The minimum absolute atomic E-state index is 0.185. The van der Waals surface area contributed by atoms with E-state index in [1.54, 1.807) is 24.3 Å². The van der Waals surface area contributed by atoms with Gasteiger partial charge in [0, 0.05) is 3.57 Å². The quantitative estimate of drug-likeness (QED) is 0.203. The summed E-state index contributed by atoms with van der Waals surface area (Å²) in [5.41, 5.74) is 1.04. The van der Waals surface area contributed by atoms with Crippen LogP contribution in [0.1, 0.15) is 10.4 Å². The molecule has 0 saturated heterocycles. The van der Waals surface area contributed by atoms with E-state index in [0.717, 1.165) is 9.26 Å². The van der Waals surface area contributed by atoms with Gasteiger partial charge in [-0.1, -0.05) is 70.7 Å². The predicted molar refractivity (Wildman–Crippen MR) is 122 cm³/mol. The molecule has 1 unspecified atom stereocenters. The van der Waals surface area contributed by atoms with Gasteiger partial charge in [-0.2, -0.15) is 0 Å². The molecule has 0 bridgehead atoms. The molecule has 0 aliphatic heterocycles. The van der Waals surface area contributed by atoms with Crippen molar-refractivity contribution in [2.45, 2.75) is 9.96 Å². The number of rotatable bonds is 4. The first kappa shape index (κ1) is 21.8. The molecular weight excluding hydrogens is 551 g/mol. The number of carbonyl (C=O) groups excluding carboxylic acids is 1. The molecule has 0 saturated carbocycles. The second-order valence-electron chi connectivity index (χ2n) is 5.01. The third-order valence-corrected chi connectivity index (χ3v) is 5.26. The molecule has 0 spiro atoms. The van der Waals surface area contributed by atoms with Crippen molar-refractivity contribution in [3.8, 4) is 0 Å². The number of para-hydroxylation sites is 1. The Morgan fingerprint density at radius 1 is 1.04 bits per heavy atom. The van der Waals surface area contributed by atoms with E-state index in [2.05, 4.69) is 38.5 Å². The molecular formula is C16H12Cl4IN3OS. The van der Waals surface area contributed by atoms with Crippen molar-refractivity contribution in [2.24, 2.45) is 0 Å². The lowest BCUT2D eigenvalue weighted by atomic mass is 10.2. The summed E-state index contributed by atoms with van der Waals surface area (Å²) in [5.74, 6) is -0.503. The Morgan fingerprint density at radius 2 is 1.65 bits per heavy atom. The highest BCUT2D eigenvalue weighted by atomic mass is 127. The Morgan fingerprint density at radius 3 is 2.27 bits per heavy atom. The van der Waals surface area contributed by atoms with Crippen LogP contribution >= 0.6 is 81.2 Å². The Hall–Kier alpha value is -0.510. The maximum atomic E-state index is 12.4. The van der Waals surface area contributed by atoms with Crippen LogP contribution in [0.15, 0.2) is 48.5 Å². The largest absolute Gasteiger partial charge is 0.339 e. The summed E-state index contributed by atoms with van der Waals surface area (Å²) in [7, 11) is 0. The molecule has 10 heteroatoms. The number of halogens is 5. The molecule has 2 rings (SSSR count). The number of amides is 1. The van der Waals surface area contributed by atoms with Gasteiger partial charge in [-0.15, -0.1) is 0 Å². The maximum Gasteiger partial charge on any atom is 0.254 e. The minimum atomic E-state index is -1.85. The molecule has 0 aliphatic rings. The summed E-state index contributed by atoms with van der Waals surface area (Å²) in [6, 6.07) is 14.1. The molecule has 0 aromatic heterocycles. The SMILES string of the molecule is O=C(NC(NC(=S)Nc1ccccc1I)C(Cl)(Cl)Cl)c1ccccc1Cl. The lowest BCUT2D eigenvalue weighted by molar-refractivity contribution is 0.0934. The van der Waals surface area contributed by atoms with Gasteiger partial charge in [0.05, 0.1) is 16.3 Å². The fourth-order valence-electron chi connectivity index (χ4n) is 1.91. The third-order valence-electron chi connectivity index (χ3n) is 3.12. The summed E-state index contributed by atoms with van der Waals surface area (Å²) in [6.07, 6.45) is -1.09. The molecule has 0 aliphatic carbocycles. The molecule has 2 aromatic carbocycles. The van der Waals surface area contributed by atoms with E-state index in [-0.39, 0.29) is 15.7 Å². The Bertz CT molecular complexity index is 816. The van der Waals surface area contributed by atoms with Crippen LogP contribution in [-0.2, 0) is 0 Å². The van der Waals surface area contributed by atoms with Gasteiger partial charge in [-0.05, 0) is 59.1 Å². The second-order valence-corrected chi connectivity index (χ2v) is 9.35. The topological polar surface area (TPSA) is 53.2 Å². The van der Waals surface area contributed by atoms with Gasteiger partial charge < -0.3 is 16.0 Å². The van der Waals surface area contributed by atoms with Crippen LogP contribution < -0.4 is 16.0 Å². The number of carbonyl (C=O) groups is 1. The summed E-state index contributed by atoms with van der Waals surface area (Å²) in [4.78, 5) is 12.4. The van der Waals surface area contributed by atoms with Crippen molar-refractivity contribution in [3.05, 3.63) is 62.7 Å². The zero-order valence-corrected chi connectivity index (χ0v) is 18.9. The van der Waals surface area contributed by atoms with E-state index in [1.807, 2.05) is 24.3 Å². The molecule has 26 heavy (non-hydrogen) atoms. The van der Waals surface area contributed by atoms with Gasteiger partial charge in [-0.25, -0.2) is 0 Å². The van der Waals surface area contributed by atoms with E-state index in [9.17, 15) is 4.79 Å². The molecule has 1 amide bonds. The number of anilines is 1. The highest BCUT2D eigenvalue weighted by Gasteiger charge is 2.35. The van der Waals surface area contributed by atoms with Crippen molar-refractivity contribution in [2.75, 3.05) is 5.32 Å². The lowest BCUT2D eigenvalue weighted by Crippen LogP contribution is -2.56. The number of nitrogens with one attached hydrogen (secondary N) is 3. The average Bonchev–Trinajstić information content (AvgIpc) is 2.56. The minimum Gasteiger partial charge on any atom is -0.339 e. The number of thiocarbonyl (C=S) groups is 1. The average molecular weight is 563 g/mol. The number of hydrogen-bond acceptors (Lipinski definition) is 2. The fraction of sp³-hybridized carbons (Fsp3) is 0.125. The maximum absolute atomic E-state index is 12.4. The Labute approximate surface area is 190 Å². The molecule has 0 radical (unpaired) electrons. The van der Waals surface area contributed by atoms with Crippen LogP contribution in [0.3, 0.4) is 0 Å². The number of hydrogen-bond donors (Lipinski definition) is 3. The van der Waals surface area contributed by atoms with Gasteiger partial charge in [0.2, 0.25) is 3.79 Å². The van der Waals surface area contributed by atoms with Crippen molar-refractivity contribution >= 4 is 97.9 Å². The first-order valence-corrected chi connectivity index (χ1v) is 10.1. The molecule has 3 N–H and O–H groups in total. The summed E-state index contributed by atoms with van der Waals surface area (Å²) in [6.45, 7) is 0. The molecule has 1 atom stereocenters. The Kier molecular flexibility index (Phi) is 8.06. The first-order chi connectivity index (χ1) is 12.2. The fourth-order valence-corrected chi connectivity index (χ4v) is 3.20. The first-order valence-electron chi connectivity index (χ1n) is 7.12. The van der Waals surface area contributed by atoms with Crippen LogP contribution in [0, 0.1) is 3.57 Å². The van der Waals surface area contributed by atoms with Crippen LogP contribution in [0.2, 0.25) is 5.02 Å². The van der Waals surface area contributed by atoms with Crippen molar-refractivity contribution in [1.82, 2.24) is 10.6 Å². The molecule has 138 valence electrons. The zero-order valence-electron chi connectivity index (χ0n) is 12.9. The lowest BCUT2D eigenvalue weighted by Gasteiger charge is -2.28. The van der Waals surface area contributed by atoms with E-state index in [1.165, 1.54) is 0 Å². The van der Waals surface area contributed by atoms with E-state index in [0.29, 0.717) is 0 Å². The monoisotopic (exact) mass is 561 g/mol. The summed E-state index contributed by atoms with van der Waals surface area (Å²) >= 11 is 31.4. The molecule has 4 nitrogen and oxygen atoms in total. The van der Waals surface area contributed by atoms with Gasteiger partial charge in [0.15, 0.2) is 5.11 Å². The van der Waals surface area contributed by atoms with E-state index in [4.69, 9.17) is 58.6 Å². The summed E-state index contributed by atoms with van der Waals surface area (Å²) in [5, 5.41) is 8.85. The predicted octanol–water partition coefficient (Wildman–Crippen LogP) is 5.36. The van der Waals surface area contributed by atoms with Gasteiger partial charge in [-0.3, -0.25) is 4.79 Å². The van der Waals surface area contributed by atoms with E-state index < -0.39 is 15.9 Å². The van der Waals surface area contributed by atoms with Gasteiger partial charge in [0.25, 0.3) is 5.91 Å². The highest BCUT2D eigenvalue weighted by molar-refractivity contribution is 14.1. The Balaban J connectivity index is 2.10. The van der Waals surface area contributed by atoms with Crippen LogP contribution in [0.5, 0.6) is 0 Å². The van der Waals surface area contributed by atoms with E-state index >= 15 is 0 Å². The van der Waals surface area contributed by atoms with Gasteiger partial charge >= 0.3 is 0 Å². The zero-order chi connectivity index (χ0) is 19.3. The third kappa shape index (κ3) is 6.28. The highest BCUT2D eigenvalue weighted by Crippen LogP contribution is 2.29. The summed E-state index contributed by atoms with van der Waals surface area (Å²) < 4.78 is -0.897. The number of benzene rings is 2. The standard InChI is InChI=1S/C16H12Cl4IN3OS/c17-10-6-2-1-5-9(10)13(25)23-14(16(18,19)20)24-15(26)22-12-8-4-3-7-11(12)21/h1-8,14H,(H,23,25)(H2,22,24,26).